The van der Waals surface area contributed by atoms with E-state index in [1.54, 1.807) is 41.9 Å². The predicted octanol–water partition coefficient (Wildman–Crippen LogP) is 3.42. The zero-order chi connectivity index (χ0) is 20.8. The Morgan fingerprint density at radius 3 is 2.55 bits per heavy atom. The molecule has 0 bridgehead atoms. The zero-order valence-corrected chi connectivity index (χ0v) is 16.9. The molecule has 0 radical (unpaired) electrons. The number of hydrogen-bond acceptors (Lipinski definition) is 4. The van der Waals surface area contributed by atoms with E-state index in [4.69, 9.17) is 23.2 Å². The van der Waals surface area contributed by atoms with Crippen LogP contribution in [0.15, 0.2) is 54.7 Å². The molecule has 0 aliphatic carbocycles. The fourth-order valence-electron chi connectivity index (χ4n) is 2.50. The molecule has 0 fully saturated rings. The standard InChI is InChI=1S/C20H17Cl2N5O2/c1-13-16(19(22)27(26-13)12-14-5-7-15(21)8-6-14)9-10-18(28)24-25-20(29)17-4-2-3-11-23-17/h2-11H,12H2,1H3,(H,24,28)(H,25,29)/b10-9+. The molecular weight excluding hydrogens is 413 g/mol. The summed E-state index contributed by atoms with van der Waals surface area (Å²) in [5.41, 5.74) is 7.06. The molecule has 2 amide bonds. The smallest absolute Gasteiger partial charge is 0.268 e. The van der Waals surface area contributed by atoms with Crippen LogP contribution in [0.25, 0.3) is 6.08 Å². The van der Waals surface area contributed by atoms with Gasteiger partial charge in [0.1, 0.15) is 10.8 Å². The lowest BCUT2D eigenvalue weighted by atomic mass is 10.2. The van der Waals surface area contributed by atoms with Crippen molar-refractivity contribution in [2.45, 2.75) is 13.5 Å². The van der Waals surface area contributed by atoms with Crippen molar-refractivity contribution in [3.8, 4) is 0 Å². The summed E-state index contributed by atoms with van der Waals surface area (Å²) in [6, 6.07) is 12.3. The second-order valence-electron chi connectivity index (χ2n) is 6.07. The lowest BCUT2D eigenvalue weighted by molar-refractivity contribution is -0.117. The average Bonchev–Trinajstić information content (AvgIpc) is 2.99. The highest BCUT2D eigenvalue weighted by molar-refractivity contribution is 6.31. The maximum atomic E-state index is 12.0. The number of hydrazine groups is 1. The van der Waals surface area contributed by atoms with Gasteiger partial charge < -0.3 is 0 Å². The van der Waals surface area contributed by atoms with Crippen molar-refractivity contribution in [2.75, 3.05) is 0 Å². The molecular formula is C20H17Cl2N5O2. The van der Waals surface area contributed by atoms with Crippen LogP contribution in [0.1, 0.15) is 27.3 Å². The van der Waals surface area contributed by atoms with Gasteiger partial charge in [0.25, 0.3) is 11.8 Å². The normalized spacial score (nSPS) is 10.9. The number of nitrogens with one attached hydrogen (secondary N) is 2. The summed E-state index contributed by atoms with van der Waals surface area (Å²) >= 11 is 12.3. The van der Waals surface area contributed by atoms with Crippen LogP contribution in [-0.2, 0) is 11.3 Å². The van der Waals surface area contributed by atoms with Crippen LogP contribution in [0.3, 0.4) is 0 Å². The highest BCUT2D eigenvalue weighted by Crippen LogP contribution is 2.22. The second kappa shape index (κ2) is 9.36. The van der Waals surface area contributed by atoms with Crippen LogP contribution in [0, 0.1) is 6.92 Å². The molecule has 29 heavy (non-hydrogen) atoms. The van der Waals surface area contributed by atoms with Gasteiger partial charge in [0.2, 0.25) is 0 Å². The molecule has 148 valence electrons. The third kappa shape index (κ3) is 5.43. The molecule has 0 saturated heterocycles. The Morgan fingerprint density at radius 2 is 1.86 bits per heavy atom. The average molecular weight is 430 g/mol. The third-order valence-corrected chi connectivity index (χ3v) is 4.60. The molecule has 7 nitrogen and oxygen atoms in total. The van der Waals surface area contributed by atoms with Gasteiger partial charge in [-0.1, -0.05) is 41.4 Å². The number of hydrogen-bond donors (Lipinski definition) is 2. The minimum Gasteiger partial charge on any atom is -0.268 e. The Bertz CT molecular complexity index is 1050. The maximum absolute atomic E-state index is 12.0. The molecule has 3 aromatic rings. The van der Waals surface area contributed by atoms with Crippen LogP contribution in [0.2, 0.25) is 10.2 Å². The van der Waals surface area contributed by atoms with Crippen molar-refractivity contribution >= 4 is 41.1 Å². The first-order valence-electron chi connectivity index (χ1n) is 8.61. The van der Waals surface area contributed by atoms with E-state index in [1.165, 1.54) is 18.3 Å². The van der Waals surface area contributed by atoms with Crippen LogP contribution >= 0.6 is 23.2 Å². The SMILES string of the molecule is Cc1nn(Cc2ccc(Cl)cc2)c(Cl)c1/C=C/C(=O)NNC(=O)c1ccccn1. The number of pyridine rings is 1. The number of aryl methyl sites for hydroxylation is 1. The number of carbonyl (C=O) groups excluding carboxylic acids is 2. The molecule has 0 aliphatic rings. The minimum atomic E-state index is -0.518. The molecule has 0 aliphatic heterocycles. The topological polar surface area (TPSA) is 88.9 Å². The van der Waals surface area contributed by atoms with E-state index in [-0.39, 0.29) is 5.69 Å². The van der Waals surface area contributed by atoms with Crippen LogP contribution in [-0.4, -0.2) is 26.6 Å². The molecule has 2 heterocycles. The molecule has 0 spiro atoms. The van der Waals surface area contributed by atoms with Gasteiger partial charge in [-0.05, 0) is 42.8 Å². The van der Waals surface area contributed by atoms with E-state index in [0.717, 1.165) is 5.56 Å². The van der Waals surface area contributed by atoms with Crippen molar-refractivity contribution in [3.63, 3.8) is 0 Å². The Labute approximate surface area is 177 Å². The van der Waals surface area contributed by atoms with Gasteiger partial charge in [-0.3, -0.25) is 25.4 Å². The predicted molar refractivity (Wildman–Crippen MR) is 111 cm³/mol. The molecule has 1 aromatic carbocycles. The van der Waals surface area contributed by atoms with E-state index in [2.05, 4.69) is 20.9 Å². The van der Waals surface area contributed by atoms with E-state index in [1.807, 2.05) is 12.1 Å². The summed E-state index contributed by atoms with van der Waals surface area (Å²) in [4.78, 5) is 27.8. The fourth-order valence-corrected chi connectivity index (χ4v) is 2.93. The quantitative estimate of drug-likeness (QED) is 0.480. The number of nitrogens with zero attached hydrogens (tertiary/aromatic N) is 3. The molecule has 0 atom stereocenters. The summed E-state index contributed by atoms with van der Waals surface area (Å²) in [5, 5.41) is 5.47. The van der Waals surface area contributed by atoms with Gasteiger partial charge >= 0.3 is 0 Å². The number of benzene rings is 1. The number of carbonyl (C=O) groups is 2. The van der Waals surface area contributed by atoms with Gasteiger partial charge in [-0.25, -0.2) is 4.68 Å². The Balaban J connectivity index is 1.62. The lowest BCUT2D eigenvalue weighted by Crippen LogP contribution is -2.41. The largest absolute Gasteiger partial charge is 0.288 e. The van der Waals surface area contributed by atoms with Crippen molar-refractivity contribution in [2.24, 2.45) is 0 Å². The fraction of sp³-hybridized carbons (Fsp3) is 0.100. The Morgan fingerprint density at radius 1 is 1.10 bits per heavy atom. The maximum Gasteiger partial charge on any atom is 0.288 e. The van der Waals surface area contributed by atoms with Gasteiger partial charge in [-0.15, -0.1) is 0 Å². The molecule has 0 saturated carbocycles. The summed E-state index contributed by atoms with van der Waals surface area (Å²) in [7, 11) is 0. The second-order valence-corrected chi connectivity index (χ2v) is 6.86. The summed E-state index contributed by atoms with van der Waals surface area (Å²) in [6.45, 7) is 2.27. The molecule has 2 aromatic heterocycles. The first kappa shape index (κ1) is 20.6. The van der Waals surface area contributed by atoms with E-state index in [0.29, 0.717) is 28.0 Å². The molecule has 0 unspecified atom stereocenters. The van der Waals surface area contributed by atoms with Gasteiger partial charge in [0.05, 0.1) is 12.2 Å². The number of rotatable bonds is 5. The highest BCUT2D eigenvalue weighted by Gasteiger charge is 2.12. The van der Waals surface area contributed by atoms with E-state index >= 15 is 0 Å². The molecule has 2 N–H and O–H groups in total. The van der Waals surface area contributed by atoms with Gasteiger partial charge in [-0.2, -0.15) is 5.10 Å². The lowest BCUT2D eigenvalue weighted by Gasteiger charge is -2.04. The van der Waals surface area contributed by atoms with Gasteiger partial charge in [0.15, 0.2) is 0 Å². The third-order valence-electron chi connectivity index (χ3n) is 3.95. The molecule has 3 rings (SSSR count). The number of amides is 2. The van der Waals surface area contributed by atoms with Crippen LogP contribution < -0.4 is 10.9 Å². The van der Waals surface area contributed by atoms with Crippen LogP contribution in [0.4, 0.5) is 0 Å². The first-order chi connectivity index (χ1) is 13.9. The van der Waals surface area contributed by atoms with Crippen LogP contribution in [0.5, 0.6) is 0 Å². The van der Waals surface area contributed by atoms with E-state index in [9.17, 15) is 9.59 Å². The number of aromatic nitrogens is 3. The summed E-state index contributed by atoms with van der Waals surface area (Å²) < 4.78 is 1.64. The van der Waals surface area contributed by atoms with Crippen molar-refractivity contribution in [1.29, 1.82) is 0 Å². The highest BCUT2D eigenvalue weighted by atomic mass is 35.5. The first-order valence-corrected chi connectivity index (χ1v) is 9.36. The van der Waals surface area contributed by atoms with Gasteiger partial charge in [0, 0.05) is 22.9 Å². The van der Waals surface area contributed by atoms with Crippen molar-refractivity contribution in [3.05, 3.63) is 87.4 Å². The summed E-state index contributed by atoms with van der Waals surface area (Å²) in [5.74, 6) is -1.03. The molecule has 9 heteroatoms. The van der Waals surface area contributed by atoms with Crippen molar-refractivity contribution < 1.29 is 9.59 Å². The number of halogens is 2. The minimum absolute atomic E-state index is 0.194. The van der Waals surface area contributed by atoms with E-state index < -0.39 is 11.8 Å². The van der Waals surface area contributed by atoms with Crippen molar-refractivity contribution in [1.82, 2.24) is 25.6 Å². The monoisotopic (exact) mass is 429 g/mol. The Kier molecular flexibility index (Phi) is 6.64. The Hall–Kier alpha value is -3.16. The zero-order valence-electron chi connectivity index (χ0n) is 15.4. The summed E-state index contributed by atoms with van der Waals surface area (Å²) in [6.07, 6.45) is 4.30.